The van der Waals surface area contributed by atoms with Crippen molar-refractivity contribution in [3.8, 4) is 0 Å². The lowest BCUT2D eigenvalue weighted by Gasteiger charge is -2.06. The average molecular weight is 297 g/mol. The van der Waals surface area contributed by atoms with Crippen molar-refractivity contribution in [1.29, 1.82) is 0 Å². The van der Waals surface area contributed by atoms with Crippen LogP contribution in [0.3, 0.4) is 0 Å². The van der Waals surface area contributed by atoms with Gasteiger partial charge in [0.05, 0.1) is 18.5 Å². The van der Waals surface area contributed by atoms with E-state index in [9.17, 15) is 4.79 Å². The van der Waals surface area contributed by atoms with Gasteiger partial charge in [-0.05, 0) is 55.8 Å². The molecule has 0 aliphatic carbocycles. The van der Waals surface area contributed by atoms with Gasteiger partial charge in [0.2, 0.25) is 0 Å². The fourth-order valence-electron chi connectivity index (χ4n) is 1.75. The lowest BCUT2D eigenvalue weighted by Crippen LogP contribution is -2.26. The Balaban J connectivity index is 1.78. The second-order valence-electron chi connectivity index (χ2n) is 4.86. The maximum atomic E-state index is 11.7. The summed E-state index contributed by atoms with van der Waals surface area (Å²) in [6.07, 6.45) is 5.16. The molecule has 2 aromatic rings. The largest absolute Gasteiger partial charge is 0.465 e. The number of nitrogens with one attached hydrogen (secondary N) is 2. The minimum Gasteiger partial charge on any atom is -0.465 e. The van der Waals surface area contributed by atoms with Crippen molar-refractivity contribution in [1.82, 2.24) is 5.43 Å². The van der Waals surface area contributed by atoms with E-state index in [-0.39, 0.29) is 12.5 Å². The van der Waals surface area contributed by atoms with Crippen molar-refractivity contribution in [2.24, 2.45) is 5.10 Å². The molecule has 1 heterocycles. The third-order valence-electron chi connectivity index (χ3n) is 2.86. The first-order valence-corrected chi connectivity index (χ1v) is 6.99. The molecule has 1 amide bonds. The van der Waals surface area contributed by atoms with Gasteiger partial charge in [-0.25, -0.2) is 5.43 Å². The Morgan fingerprint density at radius 3 is 2.91 bits per heavy atom. The minimum atomic E-state index is -0.202. The van der Waals surface area contributed by atoms with Crippen LogP contribution in [0, 0.1) is 6.92 Å². The number of carbonyl (C=O) groups is 1. The highest BCUT2D eigenvalue weighted by atomic mass is 16.3. The number of nitrogens with zero attached hydrogens (tertiary/aromatic N) is 1. The van der Waals surface area contributed by atoms with Gasteiger partial charge in [-0.15, -0.1) is 0 Å². The number of furan rings is 1. The fraction of sp³-hybridized carbons (Fsp3) is 0.176. The quantitative estimate of drug-likeness (QED) is 0.635. The van der Waals surface area contributed by atoms with E-state index in [4.69, 9.17) is 4.42 Å². The molecular formula is C17H19N3O2. The normalized spacial score (nSPS) is 11.6. The third kappa shape index (κ3) is 5.28. The average Bonchev–Trinajstić information content (AvgIpc) is 3.02. The smallest absolute Gasteiger partial charge is 0.259 e. The van der Waals surface area contributed by atoms with Crippen LogP contribution in [0.5, 0.6) is 0 Å². The van der Waals surface area contributed by atoms with E-state index in [2.05, 4.69) is 15.8 Å². The summed E-state index contributed by atoms with van der Waals surface area (Å²) in [5.74, 6) is 0.536. The molecule has 0 radical (unpaired) electrons. The lowest BCUT2D eigenvalue weighted by molar-refractivity contribution is -0.119. The van der Waals surface area contributed by atoms with Crippen molar-refractivity contribution < 1.29 is 9.21 Å². The Morgan fingerprint density at radius 2 is 2.18 bits per heavy atom. The first kappa shape index (κ1) is 15.6. The van der Waals surface area contributed by atoms with E-state index < -0.39 is 0 Å². The number of aryl methyl sites for hydroxylation is 1. The van der Waals surface area contributed by atoms with Crippen LogP contribution in [0.1, 0.15) is 18.2 Å². The number of benzene rings is 1. The molecule has 2 N–H and O–H groups in total. The Kier molecular flexibility index (Phi) is 5.54. The Hall–Kier alpha value is -2.82. The number of hydrogen-bond donors (Lipinski definition) is 2. The second-order valence-corrected chi connectivity index (χ2v) is 4.86. The molecule has 0 aliphatic heterocycles. The van der Waals surface area contributed by atoms with Gasteiger partial charge in [-0.3, -0.25) is 4.79 Å². The number of anilines is 1. The van der Waals surface area contributed by atoms with Crippen LogP contribution in [0.2, 0.25) is 0 Å². The van der Waals surface area contributed by atoms with Crippen LogP contribution in [0.15, 0.2) is 58.3 Å². The number of hydrazone groups is 1. The van der Waals surface area contributed by atoms with Crippen molar-refractivity contribution in [3.63, 3.8) is 0 Å². The monoisotopic (exact) mass is 297 g/mol. The van der Waals surface area contributed by atoms with Crippen molar-refractivity contribution >= 4 is 23.4 Å². The standard InChI is InChI=1S/C17H19N3O2/c1-13-5-3-6-15(11-13)18-12-17(21)20-19-14(2)8-9-16-7-4-10-22-16/h3-11,18H,12H2,1-2H3,(H,20,21)/b9-8+,19-14+. The summed E-state index contributed by atoms with van der Waals surface area (Å²) in [5, 5.41) is 7.05. The molecule has 1 aromatic heterocycles. The predicted molar refractivity (Wildman–Crippen MR) is 88.7 cm³/mol. The van der Waals surface area contributed by atoms with Gasteiger partial charge in [0.15, 0.2) is 0 Å². The van der Waals surface area contributed by atoms with E-state index in [1.165, 1.54) is 0 Å². The first-order valence-electron chi connectivity index (χ1n) is 6.99. The molecule has 5 heteroatoms. The molecule has 5 nitrogen and oxygen atoms in total. The predicted octanol–water partition coefficient (Wildman–Crippen LogP) is 3.21. The molecular weight excluding hydrogens is 278 g/mol. The number of rotatable bonds is 6. The Bertz CT molecular complexity index is 673. The second kappa shape index (κ2) is 7.83. The number of hydrogen-bond acceptors (Lipinski definition) is 4. The highest BCUT2D eigenvalue weighted by molar-refractivity contribution is 5.96. The van der Waals surface area contributed by atoms with Gasteiger partial charge in [0.1, 0.15) is 5.76 Å². The summed E-state index contributed by atoms with van der Waals surface area (Å²) >= 11 is 0. The number of carbonyl (C=O) groups excluding carboxylic acids is 1. The molecule has 0 unspecified atom stereocenters. The molecule has 22 heavy (non-hydrogen) atoms. The van der Waals surface area contributed by atoms with Crippen LogP contribution in [0.25, 0.3) is 6.08 Å². The Morgan fingerprint density at radius 1 is 1.32 bits per heavy atom. The highest BCUT2D eigenvalue weighted by Gasteiger charge is 2.00. The number of allylic oxidation sites excluding steroid dienone is 1. The molecule has 0 atom stereocenters. The summed E-state index contributed by atoms with van der Waals surface area (Å²) in [4.78, 5) is 11.7. The molecule has 114 valence electrons. The van der Waals surface area contributed by atoms with Crippen molar-refractivity contribution in [2.75, 3.05) is 11.9 Å². The zero-order valence-electron chi connectivity index (χ0n) is 12.7. The zero-order chi connectivity index (χ0) is 15.8. The molecule has 0 aliphatic rings. The van der Waals surface area contributed by atoms with Gasteiger partial charge in [0, 0.05) is 5.69 Å². The van der Waals surface area contributed by atoms with E-state index in [1.807, 2.05) is 43.3 Å². The zero-order valence-corrected chi connectivity index (χ0v) is 12.7. The maximum Gasteiger partial charge on any atom is 0.259 e. The molecule has 2 rings (SSSR count). The van der Waals surface area contributed by atoms with Crippen LogP contribution >= 0.6 is 0 Å². The van der Waals surface area contributed by atoms with Gasteiger partial charge in [-0.1, -0.05) is 12.1 Å². The summed E-state index contributed by atoms with van der Waals surface area (Å²) in [7, 11) is 0. The van der Waals surface area contributed by atoms with E-state index in [0.717, 1.165) is 17.0 Å². The molecule has 1 aromatic carbocycles. The molecule has 0 saturated carbocycles. The minimum absolute atomic E-state index is 0.169. The van der Waals surface area contributed by atoms with Crippen LogP contribution in [-0.4, -0.2) is 18.2 Å². The van der Waals surface area contributed by atoms with Gasteiger partial charge < -0.3 is 9.73 Å². The van der Waals surface area contributed by atoms with Crippen LogP contribution in [-0.2, 0) is 4.79 Å². The highest BCUT2D eigenvalue weighted by Crippen LogP contribution is 2.08. The molecule has 0 saturated heterocycles. The van der Waals surface area contributed by atoms with Crippen LogP contribution < -0.4 is 10.7 Å². The summed E-state index contributed by atoms with van der Waals surface area (Å²) in [6, 6.07) is 11.5. The van der Waals surface area contributed by atoms with E-state index in [0.29, 0.717) is 5.71 Å². The topological polar surface area (TPSA) is 66.6 Å². The molecule has 0 spiro atoms. The first-order chi connectivity index (χ1) is 10.6. The van der Waals surface area contributed by atoms with Gasteiger partial charge >= 0.3 is 0 Å². The van der Waals surface area contributed by atoms with Crippen molar-refractivity contribution in [2.45, 2.75) is 13.8 Å². The van der Waals surface area contributed by atoms with E-state index in [1.54, 1.807) is 25.3 Å². The SMILES string of the molecule is CC(/C=C/c1ccco1)=N\NC(=O)CNc1cccc(C)c1. The molecule has 0 bridgehead atoms. The lowest BCUT2D eigenvalue weighted by atomic mass is 10.2. The summed E-state index contributed by atoms with van der Waals surface area (Å²) < 4.78 is 5.17. The van der Waals surface area contributed by atoms with Crippen LogP contribution in [0.4, 0.5) is 5.69 Å². The number of amides is 1. The third-order valence-corrected chi connectivity index (χ3v) is 2.86. The summed E-state index contributed by atoms with van der Waals surface area (Å²) in [5.41, 5.74) is 5.23. The summed E-state index contributed by atoms with van der Waals surface area (Å²) in [6.45, 7) is 3.97. The Labute approximate surface area is 129 Å². The maximum absolute atomic E-state index is 11.7. The van der Waals surface area contributed by atoms with Crippen molar-refractivity contribution in [3.05, 3.63) is 60.1 Å². The molecule has 0 fully saturated rings. The van der Waals surface area contributed by atoms with E-state index >= 15 is 0 Å². The fourth-order valence-corrected chi connectivity index (χ4v) is 1.75. The van der Waals surface area contributed by atoms with Gasteiger partial charge in [-0.2, -0.15) is 5.10 Å². The van der Waals surface area contributed by atoms with Gasteiger partial charge in [0.25, 0.3) is 5.91 Å².